The van der Waals surface area contributed by atoms with Crippen LogP contribution in [0.1, 0.15) is 11.1 Å². The van der Waals surface area contributed by atoms with E-state index in [1.54, 1.807) is 42.1 Å². The average Bonchev–Trinajstić information content (AvgIpc) is 2.60. The summed E-state index contributed by atoms with van der Waals surface area (Å²) in [6.45, 7) is 2.05. The van der Waals surface area contributed by atoms with Crippen LogP contribution in [0, 0.1) is 6.92 Å². The highest BCUT2D eigenvalue weighted by molar-refractivity contribution is 7.98. The van der Waals surface area contributed by atoms with E-state index < -0.39 is 10.0 Å². The molecule has 1 amide bonds. The van der Waals surface area contributed by atoms with Gasteiger partial charge in [0, 0.05) is 28.1 Å². The van der Waals surface area contributed by atoms with Gasteiger partial charge in [0.05, 0.1) is 11.9 Å². The fourth-order valence-corrected chi connectivity index (χ4v) is 4.72. The second-order valence-corrected chi connectivity index (χ2v) is 10.1. The quantitative estimate of drug-likeness (QED) is 0.571. The zero-order chi connectivity index (χ0) is 20.7. The van der Waals surface area contributed by atoms with E-state index in [0.717, 1.165) is 21.7 Å². The number of hydrogen-bond acceptors (Lipinski definition) is 4. The Bertz CT molecular complexity index is 937. The number of aryl methyl sites for hydroxylation is 1. The lowest BCUT2D eigenvalue weighted by Gasteiger charge is -2.22. The van der Waals surface area contributed by atoms with Gasteiger partial charge in [-0.25, -0.2) is 8.42 Å². The Hall–Kier alpha value is -1.41. The molecule has 2 aromatic rings. The summed E-state index contributed by atoms with van der Waals surface area (Å²) in [5, 5.41) is 3.97. The smallest absolute Gasteiger partial charge is 0.240 e. The van der Waals surface area contributed by atoms with E-state index in [2.05, 4.69) is 5.32 Å². The van der Waals surface area contributed by atoms with Crippen LogP contribution >= 0.6 is 35.0 Å². The monoisotopic (exact) mass is 460 g/mol. The minimum absolute atomic E-state index is 0.254. The highest BCUT2D eigenvalue weighted by Gasteiger charge is 2.20. The number of carbonyl (C=O) groups is 1. The lowest BCUT2D eigenvalue weighted by atomic mass is 10.2. The van der Waals surface area contributed by atoms with Crippen LogP contribution in [0.25, 0.3) is 0 Å². The Kier molecular flexibility index (Phi) is 8.49. The first-order valence-electron chi connectivity index (χ1n) is 8.49. The van der Waals surface area contributed by atoms with Gasteiger partial charge in [-0.3, -0.25) is 9.10 Å². The van der Waals surface area contributed by atoms with Gasteiger partial charge in [-0.05, 0) is 42.3 Å². The molecule has 0 atom stereocenters. The van der Waals surface area contributed by atoms with E-state index >= 15 is 0 Å². The van der Waals surface area contributed by atoms with Crippen molar-refractivity contribution in [2.24, 2.45) is 0 Å². The van der Waals surface area contributed by atoms with Crippen molar-refractivity contribution in [3.63, 3.8) is 0 Å². The summed E-state index contributed by atoms with van der Waals surface area (Å²) in [5.41, 5.74) is 2.37. The first kappa shape index (κ1) is 22.9. The molecule has 0 fully saturated rings. The van der Waals surface area contributed by atoms with Gasteiger partial charge in [0.1, 0.15) is 6.54 Å². The molecule has 0 unspecified atom stereocenters. The Morgan fingerprint density at radius 2 is 1.93 bits per heavy atom. The van der Waals surface area contributed by atoms with Gasteiger partial charge >= 0.3 is 0 Å². The van der Waals surface area contributed by atoms with Crippen LogP contribution in [0.5, 0.6) is 0 Å². The maximum Gasteiger partial charge on any atom is 0.240 e. The summed E-state index contributed by atoms with van der Waals surface area (Å²) < 4.78 is 25.3. The normalized spacial score (nSPS) is 11.3. The van der Waals surface area contributed by atoms with Gasteiger partial charge in [0.2, 0.25) is 15.9 Å². The Labute approximate surface area is 180 Å². The standard InChI is InChI=1S/C19H22Cl2N2O3S2/c1-14-4-3-5-17(10-14)23(28(2,25)26)12-19(24)22-8-9-27-13-15-6-7-16(20)11-18(15)21/h3-7,10-11H,8-9,12-13H2,1-2H3,(H,22,24). The molecule has 0 saturated heterocycles. The molecule has 0 radical (unpaired) electrons. The van der Waals surface area contributed by atoms with Crippen molar-refractivity contribution in [1.29, 1.82) is 0 Å². The minimum atomic E-state index is -3.57. The van der Waals surface area contributed by atoms with E-state index in [0.29, 0.717) is 33.8 Å². The van der Waals surface area contributed by atoms with E-state index in [9.17, 15) is 13.2 Å². The first-order chi connectivity index (χ1) is 13.2. The number of halogens is 2. The Morgan fingerprint density at radius 1 is 1.18 bits per heavy atom. The van der Waals surface area contributed by atoms with E-state index in [4.69, 9.17) is 23.2 Å². The summed E-state index contributed by atoms with van der Waals surface area (Å²) in [5.74, 6) is 1.02. The zero-order valence-electron chi connectivity index (χ0n) is 15.6. The Morgan fingerprint density at radius 3 is 2.57 bits per heavy atom. The number of hydrogen-bond donors (Lipinski definition) is 1. The van der Waals surface area contributed by atoms with Gasteiger partial charge < -0.3 is 5.32 Å². The molecule has 2 rings (SSSR count). The second kappa shape index (κ2) is 10.4. The summed E-state index contributed by atoms with van der Waals surface area (Å²) in [4.78, 5) is 12.2. The molecule has 0 aliphatic carbocycles. The molecule has 2 aromatic carbocycles. The number of anilines is 1. The molecule has 28 heavy (non-hydrogen) atoms. The number of nitrogens with zero attached hydrogens (tertiary/aromatic N) is 1. The van der Waals surface area contributed by atoms with Crippen molar-refractivity contribution in [3.8, 4) is 0 Å². The highest BCUT2D eigenvalue weighted by Crippen LogP contribution is 2.24. The minimum Gasteiger partial charge on any atom is -0.354 e. The van der Waals surface area contributed by atoms with Gasteiger partial charge in [-0.15, -0.1) is 0 Å². The van der Waals surface area contributed by atoms with Crippen LogP contribution in [0.3, 0.4) is 0 Å². The van der Waals surface area contributed by atoms with E-state index in [1.165, 1.54) is 0 Å². The first-order valence-corrected chi connectivity index (χ1v) is 12.3. The summed E-state index contributed by atoms with van der Waals surface area (Å²) in [6.07, 6.45) is 1.09. The third-order valence-electron chi connectivity index (χ3n) is 3.82. The molecular weight excluding hydrogens is 439 g/mol. The SMILES string of the molecule is Cc1cccc(N(CC(=O)NCCSCc2ccc(Cl)cc2Cl)S(C)(=O)=O)c1. The molecule has 0 saturated carbocycles. The molecule has 152 valence electrons. The van der Waals surface area contributed by atoms with Crippen molar-refractivity contribution in [2.75, 3.05) is 29.4 Å². The van der Waals surface area contributed by atoms with E-state index in [-0.39, 0.29) is 12.5 Å². The molecule has 0 aromatic heterocycles. The second-order valence-electron chi connectivity index (χ2n) is 6.25. The molecule has 0 aliphatic rings. The third kappa shape index (κ3) is 7.20. The molecule has 1 N–H and O–H groups in total. The number of carbonyl (C=O) groups excluding carboxylic acids is 1. The molecule has 0 bridgehead atoms. The maximum atomic E-state index is 12.2. The van der Waals surface area contributed by atoms with Crippen molar-refractivity contribution < 1.29 is 13.2 Å². The predicted octanol–water partition coefficient (Wildman–Crippen LogP) is 4.12. The van der Waals surface area contributed by atoms with Gasteiger partial charge in [0.25, 0.3) is 0 Å². The molecule has 9 heteroatoms. The molecule has 0 aliphatic heterocycles. The number of sulfonamides is 1. The number of amides is 1. The fourth-order valence-electron chi connectivity index (χ4n) is 2.45. The van der Waals surface area contributed by atoms with Gasteiger partial charge in [-0.1, -0.05) is 41.4 Å². The largest absolute Gasteiger partial charge is 0.354 e. The molecule has 0 heterocycles. The van der Waals surface area contributed by atoms with Crippen LogP contribution < -0.4 is 9.62 Å². The van der Waals surface area contributed by atoms with Crippen LogP contribution in [0.15, 0.2) is 42.5 Å². The summed E-state index contributed by atoms with van der Waals surface area (Å²) >= 11 is 13.6. The van der Waals surface area contributed by atoms with Gasteiger partial charge in [0.15, 0.2) is 0 Å². The van der Waals surface area contributed by atoms with Crippen LogP contribution in [-0.4, -0.2) is 39.4 Å². The van der Waals surface area contributed by atoms with Crippen LogP contribution in [0.2, 0.25) is 10.0 Å². The summed E-state index contributed by atoms with van der Waals surface area (Å²) in [7, 11) is -3.57. The number of thioether (sulfide) groups is 1. The van der Waals surface area contributed by atoms with Crippen LogP contribution in [-0.2, 0) is 20.6 Å². The van der Waals surface area contributed by atoms with Crippen molar-refractivity contribution in [1.82, 2.24) is 5.32 Å². The average molecular weight is 461 g/mol. The number of nitrogens with one attached hydrogen (secondary N) is 1. The van der Waals surface area contributed by atoms with Crippen molar-refractivity contribution in [3.05, 3.63) is 63.6 Å². The zero-order valence-corrected chi connectivity index (χ0v) is 18.8. The predicted molar refractivity (Wildman–Crippen MR) is 119 cm³/mol. The number of rotatable bonds is 9. The highest BCUT2D eigenvalue weighted by atomic mass is 35.5. The lowest BCUT2D eigenvalue weighted by Crippen LogP contribution is -2.41. The molecular formula is C19H22Cl2N2O3S2. The molecule has 5 nitrogen and oxygen atoms in total. The Balaban J connectivity index is 1.83. The lowest BCUT2D eigenvalue weighted by molar-refractivity contribution is -0.119. The summed E-state index contributed by atoms with van der Waals surface area (Å²) in [6, 6.07) is 12.4. The van der Waals surface area contributed by atoms with Crippen LogP contribution in [0.4, 0.5) is 5.69 Å². The maximum absolute atomic E-state index is 12.2. The van der Waals surface area contributed by atoms with Gasteiger partial charge in [-0.2, -0.15) is 11.8 Å². The number of benzene rings is 2. The molecule has 0 spiro atoms. The third-order valence-corrected chi connectivity index (χ3v) is 6.55. The van der Waals surface area contributed by atoms with Crippen molar-refractivity contribution >= 4 is 56.6 Å². The van der Waals surface area contributed by atoms with E-state index in [1.807, 2.05) is 19.1 Å². The topological polar surface area (TPSA) is 66.5 Å². The van der Waals surface area contributed by atoms with Crippen molar-refractivity contribution in [2.45, 2.75) is 12.7 Å². The fraction of sp³-hybridized carbons (Fsp3) is 0.316.